The van der Waals surface area contributed by atoms with E-state index in [4.69, 9.17) is 9.98 Å². The molecule has 0 spiro atoms. The number of anilines is 1. The van der Waals surface area contributed by atoms with Crippen LogP contribution in [-0.4, -0.2) is 41.6 Å². The van der Waals surface area contributed by atoms with Gasteiger partial charge < -0.3 is 15.5 Å². The lowest BCUT2D eigenvalue weighted by Crippen LogP contribution is -2.48. The van der Waals surface area contributed by atoms with Crippen LogP contribution in [0, 0.1) is 6.92 Å². The lowest BCUT2D eigenvalue weighted by Gasteiger charge is -2.34. The summed E-state index contributed by atoms with van der Waals surface area (Å²) in [6.45, 7) is 14.2. The predicted octanol–water partition coefficient (Wildman–Crippen LogP) is 4.49. The average molecular weight is 543 g/mol. The molecular weight excluding hydrogens is 507 g/mol. The number of halogens is 1. The summed E-state index contributed by atoms with van der Waals surface area (Å²) >= 11 is 1.69. The van der Waals surface area contributed by atoms with Crippen LogP contribution >= 0.6 is 35.3 Å². The largest absolute Gasteiger partial charge is 0.357 e. The van der Waals surface area contributed by atoms with Crippen molar-refractivity contribution in [3.05, 3.63) is 40.0 Å². The van der Waals surface area contributed by atoms with Gasteiger partial charge in [-0.05, 0) is 38.8 Å². The number of aryl methyl sites for hydroxylation is 1. The molecule has 6 nitrogen and oxygen atoms in total. The Hall–Kier alpha value is -1.42. The number of nitrogens with zero attached hydrogens (tertiary/aromatic N) is 4. The molecule has 0 radical (unpaired) electrons. The maximum absolute atomic E-state index is 4.78. The molecule has 1 aliphatic rings. The zero-order chi connectivity index (χ0) is 20.9. The molecule has 30 heavy (non-hydrogen) atoms. The quantitative estimate of drug-likeness (QED) is 0.331. The standard InChI is InChI=1S/C22H34N6S.HI/c1-6-23-21(24-14-20-27-18(15-29-20)22(3,4)5)26-17-10-12-28(13-11-17)19-9-7-8-16(2)25-19;/h7-9,15,17H,6,10-14H2,1-5H3,(H2,23,24,26);1H. The summed E-state index contributed by atoms with van der Waals surface area (Å²) < 4.78 is 0. The van der Waals surface area contributed by atoms with Crippen molar-refractivity contribution >= 4 is 47.1 Å². The molecule has 2 aromatic heterocycles. The van der Waals surface area contributed by atoms with E-state index in [1.807, 2.05) is 13.0 Å². The number of aromatic nitrogens is 2. The Morgan fingerprint density at radius 3 is 2.57 bits per heavy atom. The number of hydrogen-bond donors (Lipinski definition) is 2. The highest BCUT2D eigenvalue weighted by Gasteiger charge is 2.21. The Morgan fingerprint density at radius 2 is 1.97 bits per heavy atom. The normalized spacial score (nSPS) is 15.6. The van der Waals surface area contributed by atoms with E-state index in [-0.39, 0.29) is 29.4 Å². The summed E-state index contributed by atoms with van der Waals surface area (Å²) in [6, 6.07) is 6.66. The summed E-state index contributed by atoms with van der Waals surface area (Å²) in [5, 5.41) is 10.2. The molecule has 1 saturated heterocycles. The van der Waals surface area contributed by atoms with Gasteiger partial charge in [0.2, 0.25) is 0 Å². The molecule has 3 rings (SSSR count). The van der Waals surface area contributed by atoms with Crippen molar-refractivity contribution in [1.29, 1.82) is 0 Å². The van der Waals surface area contributed by atoms with Gasteiger partial charge >= 0.3 is 0 Å². The molecule has 0 atom stereocenters. The van der Waals surface area contributed by atoms with Crippen LogP contribution in [0.1, 0.15) is 56.9 Å². The summed E-state index contributed by atoms with van der Waals surface area (Å²) in [4.78, 5) is 16.6. The summed E-state index contributed by atoms with van der Waals surface area (Å²) in [7, 11) is 0. The predicted molar refractivity (Wildman–Crippen MR) is 138 cm³/mol. The molecule has 1 fully saturated rings. The van der Waals surface area contributed by atoms with Crippen molar-refractivity contribution in [2.45, 2.75) is 65.5 Å². The van der Waals surface area contributed by atoms with Gasteiger partial charge in [-0.1, -0.05) is 26.8 Å². The van der Waals surface area contributed by atoms with E-state index in [1.165, 1.54) is 0 Å². The summed E-state index contributed by atoms with van der Waals surface area (Å²) in [5.41, 5.74) is 2.30. The van der Waals surface area contributed by atoms with Gasteiger partial charge in [0.1, 0.15) is 10.8 Å². The molecular formula is C22H35IN6S. The molecule has 0 aromatic carbocycles. The van der Waals surface area contributed by atoms with Crippen LogP contribution < -0.4 is 15.5 Å². The third kappa shape index (κ3) is 7.08. The molecule has 8 heteroatoms. The van der Waals surface area contributed by atoms with Crippen molar-refractivity contribution in [2.24, 2.45) is 4.99 Å². The number of aliphatic imine (C=N–C) groups is 1. The fourth-order valence-corrected chi connectivity index (χ4v) is 4.29. The fraction of sp³-hybridized carbons (Fsp3) is 0.591. The number of rotatable bonds is 5. The Morgan fingerprint density at radius 1 is 1.23 bits per heavy atom. The first kappa shape index (κ1) is 24.8. The van der Waals surface area contributed by atoms with E-state index in [0.29, 0.717) is 12.6 Å². The van der Waals surface area contributed by atoms with Gasteiger partial charge in [0, 0.05) is 42.2 Å². The van der Waals surface area contributed by atoms with E-state index < -0.39 is 0 Å². The van der Waals surface area contributed by atoms with E-state index in [1.54, 1.807) is 11.3 Å². The highest BCUT2D eigenvalue weighted by Crippen LogP contribution is 2.24. The number of guanidine groups is 1. The Bertz CT molecular complexity index is 821. The molecule has 2 aromatic rings. The van der Waals surface area contributed by atoms with E-state index in [0.717, 1.165) is 60.6 Å². The molecule has 3 heterocycles. The van der Waals surface area contributed by atoms with E-state index in [2.05, 4.69) is 65.7 Å². The SMILES string of the molecule is CCNC(=NCc1nc(C(C)(C)C)cs1)NC1CCN(c2cccc(C)n2)CC1.I. The highest BCUT2D eigenvalue weighted by atomic mass is 127. The third-order valence-corrected chi connectivity index (χ3v) is 5.90. The van der Waals surface area contributed by atoms with Crippen molar-refractivity contribution in [1.82, 2.24) is 20.6 Å². The minimum absolute atomic E-state index is 0. The van der Waals surface area contributed by atoms with Gasteiger partial charge in [-0.3, -0.25) is 0 Å². The molecule has 1 aliphatic heterocycles. The Kier molecular flexibility index (Phi) is 9.33. The van der Waals surface area contributed by atoms with Crippen LogP contribution in [0.2, 0.25) is 0 Å². The first-order chi connectivity index (χ1) is 13.8. The molecule has 0 amide bonds. The molecule has 166 valence electrons. The van der Waals surface area contributed by atoms with Gasteiger partial charge in [0.25, 0.3) is 0 Å². The van der Waals surface area contributed by atoms with Crippen LogP contribution in [0.5, 0.6) is 0 Å². The van der Waals surface area contributed by atoms with Crippen molar-refractivity contribution < 1.29 is 0 Å². The lowest BCUT2D eigenvalue weighted by molar-refractivity contribution is 0.459. The number of pyridine rings is 1. The molecule has 0 unspecified atom stereocenters. The van der Waals surface area contributed by atoms with Crippen LogP contribution in [0.4, 0.5) is 5.82 Å². The lowest BCUT2D eigenvalue weighted by atomic mass is 9.93. The minimum atomic E-state index is 0. The Labute approximate surface area is 202 Å². The zero-order valence-corrected chi connectivity index (χ0v) is 21.9. The minimum Gasteiger partial charge on any atom is -0.357 e. The van der Waals surface area contributed by atoms with E-state index >= 15 is 0 Å². The van der Waals surface area contributed by atoms with Gasteiger partial charge in [0.05, 0.1) is 12.2 Å². The van der Waals surface area contributed by atoms with Crippen molar-refractivity contribution in [3.8, 4) is 0 Å². The topological polar surface area (TPSA) is 65.4 Å². The molecule has 0 bridgehead atoms. The first-order valence-corrected chi connectivity index (χ1v) is 11.4. The summed E-state index contributed by atoms with van der Waals surface area (Å²) in [5.74, 6) is 1.97. The van der Waals surface area contributed by atoms with E-state index in [9.17, 15) is 0 Å². The molecule has 0 saturated carbocycles. The summed E-state index contributed by atoms with van der Waals surface area (Å²) in [6.07, 6.45) is 2.15. The second-order valence-corrected chi connectivity index (χ2v) is 9.56. The van der Waals surface area contributed by atoms with Crippen molar-refractivity contribution in [2.75, 3.05) is 24.5 Å². The monoisotopic (exact) mass is 542 g/mol. The fourth-order valence-electron chi connectivity index (χ4n) is 3.35. The van der Waals surface area contributed by atoms with Crippen LogP contribution in [-0.2, 0) is 12.0 Å². The van der Waals surface area contributed by atoms with Crippen LogP contribution in [0.25, 0.3) is 0 Å². The van der Waals surface area contributed by atoms with Gasteiger partial charge in [0.15, 0.2) is 5.96 Å². The van der Waals surface area contributed by atoms with Crippen LogP contribution in [0.3, 0.4) is 0 Å². The van der Waals surface area contributed by atoms with Crippen LogP contribution in [0.15, 0.2) is 28.6 Å². The second kappa shape index (κ2) is 11.3. The second-order valence-electron chi connectivity index (χ2n) is 8.61. The van der Waals surface area contributed by atoms with Gasteiger partial charge in [-0.2, -0.15) is 0 Å². The zero-order valence-electron chi connectivity index (χ0n) is 18.7. The Balaban J connectivity index is 0.00000320. The number of thiazole rings is 1. The molecule has 2 N–H and O–H groups in total. The van der Waals surface area contributed by atoms with Crippen molar-refractivity contribution in [3.63, 3.8) is 0 Å². The third-order valence-electron chi connectivity index (χ3n) is 5.07. The average Bonchev–Trinajstić information content (AvgIpc) is 3.16. The number of nitrogens with one attached hydrogen (secondary N) is 2. The highest BCUT2D eigenvalue weighted by molar-refractivity contribution is 14.0. The maximum Gasteiger partial charge on any atom is 0.191 e. The maximum atomic E-state index is 4.78. The molecule has 0 aliphatic carbocycles. The first-order valence-electron chi connectivity index (χ1n) is 10.5. The van der Waals surface area contributed by atoms with Gasteiger partial charge in [-0.25, -0.2) is 15.0 Å². The smallest absolute Gasteiger partial charge is 0.191 e. The van der Waals surface area contributed by atoms with Gasteiger partial charge in [-0.15, -0.1) is 35.3 Å². The number of hydrogen-bond acceptors (Lipinski definition) is 5. The number of piperidine rings is 1.